The summed E-state index contributed by atoms with van der Waals surface area (Å²) in [5, 5.41) is 11.1. The molecule has 2 amide bonds. The van der Waals surface area contributed by atoms with E-state index >= 15 is 0 Å². The van der Waals surface area contributed by atoms with Gasteiger partial charge in [-0.3, -0.25) is 10.0 Å². The van der Waals surface area contributed by atoms with Crippen LogP contribution in [-0.2, 0) is 38.6 Å². The van der Waals surface area contributed by atoms with Crippen molar-refractivity contribution < 1.29 is 28.0 Å². The number of amides is 2. The number of nitrogens with zero attached hydrogens (tertiary/aromatic N) is 1. The summed E-state index contributed by atoms with van der Waals surface area (Å²) in [5.74, 6) is -0.608. The van der Waals surface area contributed by atoms with Crippen LogP contribution in [0.25, 0.3) is 33.2 Å². The Morgan fingerprint density at radius 2 is 1.68 bits per heavy atom. The number of fused-ring (bicyclic) bond motifs is 5. The third-order valence-corrected chi connectivity index (χ3v) is 11.7. The van der Waals surface area contributed by atoms with E-state index < -0.39 is 27.1 Å². The highest BCUT2D eigenvalue weighted by atomic mass is 35.5. The van der Waals surface area contributed by atoms with Crippen LogP contribution in [0.4, 0.5) is 10.5 Å². The molecule has 0 fully saturated rings. The first kappa shape index (κ1) is 36.8. The summed E-state index contributed by atoms with van der Waals surface area (Å²) in [4.78, 5) is 24.8. The molecule has 1 unspecified atom stereocenters. The maximum atomic E-state index is 12.0. The number of primary amides is 1. The first-order valence-electron chi connectivity index (χ1n) is 16.0. The van der Waals surface area contributed by atoms with E-state index in [0.29, 0.717) is 10.8 Å². The van der Waals surface area contributed by atoms with Gasteiger partial charge in [-0.15, -0.1) is 23.7 Å². The highest BCUT2D eigenvalue weighted by Crippen LogP contribution is 2.42. The molecule has 1 aromatic heterocycles. The molecule has 0 spiro atoms. The minimum atomic E-state index is -3.29. The van der Waals surface area contributed by atoms with Crippen LogP contribution >= 0.6 is 23.7 Å². The van der Waals surface area contributed by atoms with Crippen LogP contribution in [-0.4, -0.2) is 44.0 Å². The van der Waals surface area contributed by atoms with Crippen LogP contribution in [0, 0.1) is 0 Å². The van der Waals surface area contributed by atoms with Crippen molar-refractivity contribution in [3.05, 3.63) is 124 Å². The van der Waals surface area contributed by atoms with E-state index in [2.05, 4.69) is 54.6 Å². The van der Waals surface area contributed by atoms with Gasteiger partial charge < -0.3 is 16.2 Å². The fourth-order valence-corrected chi connectivity index (χ4v) is 8.62. The Morgan fingerprint density at radius 3 is 2.46 bits per heavy atom. The molecule has 3 aromatic carbocycles. The van der Waals surface area contributed by atoms with Gasteiger partial charge >= 0.3 is 6.09 Å². The molecule has 7 rings (SSSR count). The maximum absolute atomic E-state index is 12.0. The molecule has 1 atom stereocenters. The van der Waals surface area contributed by atoms with Crippen molar-refractivity contribution in [1.82, 2.24) is 0 Å². The number of hydrogen-bond donors (Lipinski definition) is 3. The van der Waals surface area contributed by atoms with Gasteiger partial charge in [0, 0.05) is 28.1 Å². The Bertz CT molecular complexity index is 2100. The predicted molar refractivity (Wildman–Crippen MR) is 202 cm³/mol. The second-order valence-electron chi connectivity index (χ2n) is 11.9. The molecule has 0 saturated heterocycles. The number of halogens is 1. The second-order valence-corrected chi connectivity index (χ2v) is 15.1. The van der Waals surface area contributed by atoms with Gasteiger partial charge in [-0.1, -0.05) is 72.8 Å². The van der Waals surface area contributed by atoms with Gasteiger partial charge in [0.2, 0.25) is 5.91 Å². The fraction of sp³-hybridized carbons (Fsp3) is 0.211. The molecule has 0 saturated carbocycles. The third-order valence-electron chi connectivity index (χ3n) is 8.74. The highest BCUT2D eigenvalue weighted by Gasteiger charge is 2.24. The zero-order valence-electron chi connectivity index (χ0n) is 27.2. The zero-order valence-corrected chi connectivity index (χ0v) is 29.6. The normalized spacial score (nSPS) is 16.3. The van der Waals surface area contributed by atoms with Gasteiger partial charge in [-0.25, -0.2) is 13.2 Å². The summed E-state index contributed by atoms with van der Waals surface area (Å²) in [6.07, 6.45) is 10.1. The summed E-state index contributed by atoms with van der Waals surface area (Å²) in [7, 11) is -3.29. The Kier molecular flexibility index (Phi) is 11.8. The van der Waals surface area contributed by atoms with E-state index in [-0.39, 0.29) is 32.0 Å². The number of aryl methyl sites for hydroxylation is 1. The number of hydrogen-bond acceptors (Lipinski definition) is 8. The first-order valence-corrected chi connectivity index (χ1v) is 18.4. The van der Waals surface area contributed by atoms with Crippen LogP contribution in [0.3, 0.4) is 0 Å². The first-order chi connectivity index (χ1) is 23.6. The molecule has 0 bridgehead atoms. The number of rotatable bonds is 7. The van der Waals surface area contributed by atoms with E-state index in [1.807, 2.05) is 12.1 Å². The second kappa shape index (κ2) is 16.0. The number of nitrogens with two attached hydrogens (primary N) is 2. The van der Waals surface area contributed by atoms with Crippen molar-refractivity contribution in [1.29, 1.82) is 0 Å². The predicted octanol–water partition coefficient (Wildman–Crippen LogP) is 7.11. The summed E-state index contributed by atoms with van der Waals surface area (Å²) >= 11 is 1.73. The van der Waals surface area contributed by atoms with Crippen LogP contribution in [0.1, 0.15) is 40.0 Å². The van der Waals surface area contributed by atoms with Crippen LogP contribution in [0.5, 0.6) is 0 Å². The summed E-state index contributed by atoms with van der Waals surface area (Å²) in [6, 6.07) is 24.9. The fourth-order valence-electron chi connectivity index (χ4n) is 6.36. The van der Waals surface area contributed by atoms with Crippen molar-refractivity contribution in [2.75, 3.05) is 18.2 Å². The van der Waals surface area contributed by atoms with Gasteiger partial charge in [0.05, 0.1) is 10.9 Å². The molecule has 9 nitrogen and oxygen atoms in total. The average molecular weight is 732 g/mol. The number of sulfone groups is 1. The summed E-state index contributed by atoms with van der Waals surface area (Å²) in [6.45, 7) is 0.257. The smallest absolute Gasteiger partial charge is 0.438 e. The lowest BCUT2D eigenvalue weighted by molar-refractivity contribution is -0.117. The minimum Gasteiger partial charge on any atom is -0.446 e. The van der Waals surface area contributed by atoms with Gasteiger partial charge in [0.1, 0.15) is 6.61 Å². The van der Waals surface area contributed by atoms with Crippen molar-refractivity contribution in [2.45, 2.75) is 37.4 Å². The molecular formula is C38H38ClN3O6S2. The molecule has 2 heterocycles. The number of allylic oxidation sites excluding steroid dienone is 3. The molecule has 4 aromatic rings. The molecule has 0 radical (unpaired) electrons. The molecule has 12 heteroatoms. The van der Waals surface area contributed by atoms with Crippen LogP contribution in [0.15, 0.2) is 96.4 Å². The Morgan fingerprint density at radius 1 is 0.900 bits per heavy atom. The maximum Gasteiger partial charge on any atom is 0.438 e. The number of hydroxylamine groups is 1. The standard InChI is InChI=1S/C31H28N2O3S.C7H9NO3S.ClH/c32-16-17-36-31(34)33(35)24-6-3-5-22(19-24)29-14-15-30(37-29)23-10-11-26-21(18-23)9-13-27-25-7-2-1-4-20(25)8-12-28(26)27;8-7(9)5-6-3-1-2-4-12(6,10)11;/h1-7,9,13-15,18-19,35H,8,10-12,16-17,32H2;1-4,6H,5H2,(H2,8,9);1H. The molecular weight excluding hydrogens is 694 g/mol. The van der Waals surface area contributed by atoms with Crippen molar-refractivity contribution in [3.63, 3.8) is 0 Å². The molecule has 1 aliphatic heterocycles. The highest BCUT2D eigenvalue weighted by molar-refractivity contribution is 7.95. The molecule has 260 valence electrons. The number of ether oxygens (including phenoxy) is 1. The number of carbonyl (C=O) groups is 2. The van der Waals surface area contributed by atoms with E-state index in [1.165, 1.54) is 56.0 Å². The Balaban J connectivity index is 0.000000319. The van der Waals surface area contributed by atoms with Crippen molar-refractivity contribution >= 4 is 62.9 Å². The zero-order chi connectivity index (χ0) is 34.5. The summed E-state index contributed by atoms with van der Waals surface area (Å²) in [5.41, 5.74) is 21.5. The molecule has 50 heavy (non-hydrogen) atoms. The van der Waals surface area contributed by atoms with E-state index in [0.717, 1.165) is 41.5 Å². The number of anilines is 1. The third kappa shape index (κ3) is 8.09. The van der Waals surface area contributed by atoms with Crippen LogP contribution in [0.2, 0.25) is 0 Å². The van der Waals surface area contributed by atoms with Crippen molar-refractivity contribution in [2.24, 2.45) is 11.5 Å². The van der Waals surface area contributed by atoms with E-state index in [9.17, 15) is 23.2 Å². The average Bonchev–Trinajstić information content (AvgIpc) is 3.61. The number of carbonyl (C=O) groups excluding carboxylic acids is 2. The van der Waals surface area contributed by atoms with E-state index in [4.69, 9.17) is 16.2 Å². The Hall–Kier alpha value is -4.52. The lowest BCUT2D eigenvalue weighted by Crippen LogP contribution is -2.29. The molecule has 2 aliphatic carbocycles. The minimum absolute atomic E-state index is 0. The largest absolute Gasteiger partial charge is 0.446 e. The SMILES string of the molecule is Cl.NC(=O)CC1C=CC=CS1(=O)=O.NCCOC(=O)N(O)c1cccc(-c2ccc(C3=Cc4ccc5c(c4CC3)CCc3ccccc3-5)s2)c1. The summed E-state index contributed by atoms with van der Waals surface area (Å²) < 4.78 is 27.3. The monoisotopic (exact) mass is 731 g/mol. The van der Waals surface area contributed by atoms with Crippen molar-refractivity contribution in [3.8, 4) is 21.6 Å². The van der Waals surface area contributed by atoms with E-state index in [1.54, 1.807) is 29.5 Å². The number of benzene rings is 3. The lowest BCUT2D eigenvalue weighted by atomic mass is 9.78. The topological polar surface area (TPSA) is 153 Å². The van der Waals surface area contributed by atoms with Gasteiger partial charge in [0.15, 0.2) is 9.84 Å². The van der Waals surface area contributed by atoms with Crippen LogP contribution < -0.4 is 16.5 Å². The quantitative estimate of drug-likeness (QED) is 0.135. The lowest BCUT2D eigenvalue weighted by Gasteiger charge is -2.26. The Labute approximate surface area is 301 Å². The van der Waals surface area contributed by atoms with Gasteiger partial charge in [0.25, 0.3) is 0 Å². The molecule has 3 aliphatic rings. The number of thiophene rings is 1. The molecule has 5 N–H and O–H groups in total. The van der Waals surface area contributed by atoms with Gasteiger partial charge in [-0.05, 0) is 94.5 Å². The van der Waals surface area contributed by atoms with Gasteiger partial charge in [-0.2, -0.15) is 5.06 Å².